The number of piperazine rings is 1. The number of likely N-dealkylation sites (N-methyl/N-ethyl adjacent to an activating group) is 1. The van der Waals surface area contributed by atoms with Gasteiger partial charge in [0.15, 0.2) is 0 Å². The fourth-order valence-corrected chi connectivity index (χ4v) is 1.96. The van der Waals surface area contributed by atoms with Crippen molar-refractivity contribution in [3.05, 3.63) is 24.2 Å². The average Bonchev–Trinajstić information content (AvgIpc) is 2.73. The average molecular weight is 224 g/mol. The molecule has 0 radical (unpaired) electrons. The topological polar surface area (TPSA) is 56.9 Å². The van der Waals surface area contributed by atoms with Crippen molar-refractivity contribution >= 4 is 5.97 Å². The minimum atomic E-state index is -0.758. The van der Waals surface area contributed by atoms with E-state index < -0.39 is 12.0 Å². The molecule has 1 N–H and O–H groups in total. The van der Waals surface area contributed by atoms with Crippen LogP contribution in [0.3, 0.4) is 0 Å². The van der Waals surface area contributed by atoms with Gasteiger partial charge < -0.3 is 9.52 Å². The van der Waals surface area contributed by atoms with Crippen molar-refractivity contribution in [1.29, 1.82) is 0 Å². The maximum atomic E-state index is 11.0. The molecule has 1 aromatic heterocycles. The van der Waals surface area contributed by atoms with E-state index in [2.05, 4.69) is 4.90 Å². The molecular formula is C11H16N2O3. The number of rotatable bonds is 3. The molecule has 2 heterocycles. The maximum Gasteiger partial charge on any atom is 0.322 e. The Morgan fingerprint density at radius 1 is 1.62 bits per heavy atom. The monoisotopic (exact) mass is 224 g/mol. The first-order chi connectivity index (χ1) is 7.66. The van der Waals surface area contributed by atoms with Crippen LogP contribution in [0.2, 0.25) is 0 Å². The highest BCUT2D eigenvalue weighted by Crippen LogP contribution is 2.12. The molecule has 0 saturated carbocycles. The molecule has 0 spiro atoms. The first-order valence-corrected chi connectivity index (χ1v) is 5.34. The maximum absolute atomic E-state index is 11.0. The molecule has 1 aromatic rings. The molecule has 0 aromatic carbocycles. The predicted octanol–water partition coefficient (Wildman–Crippen LogP) is 0.480. The summed E-state index contributed by atoms with van der Waals surface area (Å²) in [6.07, 6.45) is 1.64. The smallest absolute Gasteiger partial charge is 0.322 e. The van der Waals surface area contributed by atoms with E-state index in [0.29, 0.717) is 13.1 Å². The Bertz CT molecular complexity index is 350. The van der Waals surface area contributed by atoms with Crippen LogP contribution in [0.5, 0.6) is 0 Å². The third-order valence-electron chi connectivity index (χ3n) is 2.98. The number of aliphatic carboxylic acids is 1. The summed E-state index contributed by atoms with van der Waals surface area (Å²) in [5, 5.41) is 9.06. The zero-order chi connectivity index (χ0) is 11.5. The van der Waals surface area contributed by atoms with Gasteiger partial charge in [0.25, 0.3) is 0 Å². The van der Waals surface area contributed by atoms with Crippen molar-refractivity contribution < 1.29 is 14.3 Å². The lowest BCUT2D eigenvalue weighted by Crippen LogP contribution is -2.54. The summed E-state index contributed by atoms with van der Waals surface area (Å²) in [5.74, 6) is 0.125. The normalized spacial score (nSPS) is 23.4. The van der Waals surface area contributed by atoms with Crippen LogP contribution in [0.25, 0.3) is 0 Å². The number of hydrogen-bond acceptors (Lipinski definition) is 4. The van der Waals surface area contributed by atoms with Gasteiger partial charge in [-0.15, -0.1) is 0 Å². The molecule has 0 aliphatic carbocycles. The van der Waals surface area contributed by atoms with Gasteiger partial charge in [0.1, 0.15) is 11.8 Å². The molecule has 5 heteroatoms. The molecule has 0 amide bonds. The number of carbonyl (C=O) groups is 1. The molecule has 1 unspecified atom stereocenters. The molecule has 5 nitrogen and oxygen atoms in total. The summed E-state index contributed by atoms with van der Waals surface area (Å²) >= 11 is 0. The second-order valence-electron chi connectivity index (χ2n) is 4.15. The van der Waals surface area contributed by atoms with Crippen LogP contribution in [0.1, 0.15) is 5.76 Å². The van der Waals surface area contributed by atoms with Gasteiger partial charge in [-0.05, 0) is 19.2 Å². The van der Waals surface area contributed by atoms with E-state index in [1.165, 1.54) is 0 Å². The van der Waals surface area contributed by atoms with Crippen molar-refractivity contribution in [1.82, 2.24) is 9.80 Å². The molecular weight excluding hydrogens is 208 g/mol. The van der Waals surface area contributed by atoms with Gasteiger partial charge >= 0.3 is 5.97 Å². The van der Waals surface area contributed by atoms with Gasteiger partial charge in [-0.2, -0.15) is 0 Å². The lowest BCUT2D eigenvalue weighted by molar-refractivity contribution is -0.145. The van der Waals surface area contributed by atoms with E-state index in [4.69, 9.17) is 9.52 Å². The number of hydrogen-bond donors (Lipinski definition) is 1. The summed E-state index contributed by atoms with van der Waals surface area (Å²) in [6, 6.07) is 3.34. The number of furan rings is 1. The summed E-state index contributed by atoms with van der Waals surface area (Å²) in [5.41, 5.74) is 0. The SMILES string of the molecule is CN1CCN(Cc2ccco2)CC1C(=O)O. The van der Waals surface area contributed by atoms with Gasteiger partial charge in [0.2, 0.25) is 0 Å². The number of carboxylic acids is 1. The molecule has 2 rings (SSSR count). The first-order valence-electron chi connectivity index (χ1n) is 5.34. The Hall–Kier alpha value is -1.33. The van der Waals surface area contributed by atoms with Crippen LogP contribution < -0.4 is 0 Å². The molecule has 1 atom stereocenters. The zero-order valence-corrected chi connectivity index (χ0v) is 9.30. The van der Waals surface area contributed by atoms with Crippen molar-refractivity contribution in [2.75, 3.05) is 26.7 Å². The predicted molar refractivity (Wildman–Crippen MR) is 58.0 cm³/mol. The summed E-state index contributed by atoms with van der Waals surface area (Å²) in [4.78, 5) is 15.0. The van der Waals surface area contributed by atoms with Crippen molar-refractivity contribution in [2.45, 2.75) is 12.6 Å². The zero-order valence-electron chi connectivity index (χ0n) is 9.30. The molecule has 1 saturated heterocycles. The van der Waals surface area contributed by atoms with Crippen molar-refractivity contribution in [2.24, 2.45) is 0 Å². The van der Waals surface area contributed by atoms with Crippen LogP contribution >= 0.6 is 0 Å². The minimum Gasteiger partial charge on any atom is -0.480 e. The van der Waals surface area contributed by atoms with E-state index >= 15 is 0 Å². The van der Waals surface area contributed by atoms with Gasteiger partial charge in [-0.1, -0.05) is 0 Å². The van der Waals surface area contributed by atoms with Gasteiger partial charge in [0.05, 0.1) is 12.8 Å². The van der Waals surface area contributed by atoms with Gasteiger partial charge in [0, 0.05) is 19.6 Å². The first kappa shape index (κ1) is 11.2. The molecule has 1 aliphatic rings. The molecule has 88 valence electrons. The van der Waals surface area contributed by atoms with Gasteiger partial charge in [-0.3, -0.25) is 14.6 Å². The summed E-state index contributed by atoms with van der Waals surface area (Å²) in [6.45, 7) is 2.88. The second kappa shape index (κ2) is 4.67. The van der Waals surface area contributed by atoms with Gasteiger partial charge in [-0.25, -0.2) is 0 Å². The summed E-state index contributed by atoms with van der Waals surface area (Å²) < 4.78 is 5.26. The number of nitrogens with zero attached hydrogens (tertiary/aromatic N) is 2. The quantitative estimate of drug-likeness (QED) is 0.809. The van der Waals surface area contributed by atoms with Crippen LogP contribution in [-0.4, -0.2) is 53.6 Å². The lowest BCUT2D eigenvalue weighted by atomic mass is 10.2. The highest BCUT2D eigenvalue weighted by molar-refractivity contribution is 5.73. The molecule has 0 bridgehead atoms. The minimum absolute atomic E-state index is 0.413. The fraction of sp³-hybridized carbons (Fsp3) is 0.545. The third kappa shape index (κ3) is 2.43. The van der Waals surface area contributed by atoms with Crippen molar-refractivity contribution in [3.8, 4) is 0 Å². The Morgan fingerprint density at radius 2 is 2.44 bits per heavy atom. The standard InChI is InChI=1S/C11H16N2O3/c1-12-4-5-13(8-10(12)11(14)15)7-9-3-2-6-16-9/h2-3,6,10H,4-5,7-8H2,1H3,(H,14,15). The Morgan fingerprint density at radius 3 is 3.06 bits per heavy atom. The summed E-state index contributed by atoms with van der Waals surface area (Å²) in [7, 11) is 1.85. The Kier molecular flexibility index (Phi) is 3.26. The third-order valence-corrected chi connectivity index (χ3v) is 2.98. The van der Waals surface area contributed by atoms with E-state index in [9.17, 15) is 4.79 Å². The van der Waals surface area contributed by atoms with E-state index in [1.807, 2.05) is 24.1 Å². The number of carboxylic acid groups (broad SMARTS) is 1. The molecule has 1 aliphatic heterocycles. The Balaban J connectivity index is 1.95. The highest BCUT2D eigenvalue weighted by Gasteiger charge is 2.29. The van der Waals surface area contributed by atoms with Crippen LogP contribution in [0.4, 0.5) is 0 Å². The lowest BCUT2D eigenvalue weighted by Gasteiger charge is -2.36. The van der Waals surface area contributed by atoms with E-state index in [-0.39, 0.29) is 0 Å². The molecule has 1 fully saturated rings. The largest absolute Gasteiger partial charge is 0.480 e. The fourth-order valence-electron chi connectivity index (χ4n) is 1.96. The Labute approximate surface area is 94.2 Å². The van der Waals surface area contributed by atoms with Crippen molar-refractivity contribution in [3.63, 3.8) is 0 Å². The second-order valence-corrected chi connectivity index (χ2v) is 4.15. The van der Waals surface area contributed by atoms with Crippen LogP contribution in [0.15, 0.2) is 22.8 Å². The van der Waals surface area contributed by atoms with E-state index in [1.54, 1.807) is 6.26 Å². The van der Waals surface area contributed by atoms with Crippen LogP contribution in [0, 0.1) is 0 Å². The van der Waals surface area contributed by atoms with E-state index in [0.717, 1.165) is 18.8 Å². The molecule has 16 heavy (non-hydrogen) atoms. The van der Waals surface area contributed by atoms with Crippen LogP contribution in [-0.2, 0) is 11.3 Å². The highest BCUT2D eigenvalue weighted by atomic mass is 16.4.